The van der Waals surface area contributed by atoms with Crippen molar-refractivity contribution in [3.63, 3.8) is 0 Å². The Labute approximate surface area is 63.9 Å². The van der Waals surface area contributed by atoms with E-state index < -0.39 is 12.4 Å². The molecule has 0 saturated heterocycles. The van der Waals surface area contributed by atoms with Crippen molar-refractivity contribution >= 4 is 0 Å². The van der Waals surface area contributed by atoms with E-state index in [1.807, 2.05) is 0 Å². The standard InChI is InChI=1S/C8H8O3/c9-7-5-3-1-2-4-6(5)11-8(7)10/h1-4,7-10H. The van der Waals surface area contributed by atoms with Gasteiger partial charge in [-0.1, -0.05) is 18.2 Å². The van der Waals surface area contributed by atoms with E-state index in [0.717, 1.165) is 0 Å². The van der Waals surface area contributed by atoms with Crippen molar-refractivity contribution in [1.82, 2.24) is 0 Å². The summed E-state index contributed by atoms with van der Waals surface area (Å²) in [5.74, 6) is 0.563. The van der Waals surface area contributed by atoms with Crippen LogP contribution in [-0.4, -0.2) is 16.5 Å². The summed E-state index contributed by atoms with van der Waals surface area (Å²) in [5.41, 5.74) is 0.653. The number of aliphatic hydroxyl groups excluding tert-OH is 2. The van der Waals surface area contributed by atoms with Crippen molar-refractivity contribution in [1.29, 1.82) is 0 Å². The highest BCUT2D eigenvalue weighted by Gasteiger charge is 2.30. The van der Waals surface area contributed by atoms with Crippen LogP contribution in [0.1, 0.15) is 11.7 Å². The fraction of sp³-hybridized carbons (Fsp3) is 0.250. The van der Waals surface area contributed by atoms with Crippen molar-refractivity contribution < 1.29 is 14.9 Å². The van der Waals surface area contributed by atoms with Gasteiger partial charge in [0.1, 0.15) is 11.9 Å². The molecule has 0 aliphatic carbocycles. The van der Waals surface area contributed by atoms with Gasteiger partial charge in [0.15, 0.2) is 0 Å². The summed E-state index contributed by atoms with van der Waals surface area (Å²) in [6, 6.07) is 7.04. The fourth-order valence-electron chi connectivity index (χ4n) is 1.18. The summed E-state index contributed by atoms with van der Waals surface area (Å²) >= 11 is 0. The number of ether oxygens (including phenoxy) is 1. The third kappa shape index (κ3) is 0.895. The van der Waals surface area contributed by atoms with Gasteiger partial charge in [0.2, 0.25) is 6.29 Å². The number of aliphatic hydroxyl groups is 2. The number of hydrogen-bond donors (Lipinski definition) is 2. The van der Waals surface area contributed by atoms with Crippen molar-refractivity contribution in [2.24, 2.45) is 0 Å². The second-order valence-electron chi connectivity index (χ2n) is 2.49. The fourth-order valence-corrected chi connectivity index (χ4v) is 1.18. The zero-order valence-corrected chi connectivity index (χ0v) is 5.77. The van der Waals surface area contributed by atoms with E-state index in [9.17, 15) is 5.11 Å². The van der Waals surface area contributed by atoms with Crippen LogP contribution in [0, 0.1) is 0 Å². The van der Waals surface area contributed by atoms with Crippen LogP contribution >= 0.6 is 0 Å². The first kappa shape index (κ1) is 6.64. The lowest BCUT2D eigenvalue weighted by atomic mass is 10.1. The van der Waals surface area contributed by atoms with Gasteiger partial charge in [0.05, 0.1) is 0 Å². The first-order valence-corrected chi connectivity index (χ1v) is 3.41. The number of rotatable bonds is 0. The second kappa shape index (κ2) is 2.22. The summed E-state index contributed by atoms with van der Waals surface area (Å²) < 4.78 is 4.92. The molecule has 0 radical (unpaired) electrons. The second-order valence-corrected chi connectivity index (χ2v) is 2.49. The molecule has 0 aromatic heterocycles. The van der Waals surface area contributed by atoms with Crippen LogP contribution < -0.4 is 4.74 Å². The van der Waals surface area contributed by atoms with E-state index in [-0.39, 0.29) is 0 Å². The summed E-state index contributed by atoms with van der Waals surface area (Å²) in [7, 11) is 0. The van der Waals surface area contributed by atoms with Crippen LogP contribution in [-0.2, 0) is 0 Å². The lowest BCUT2D eigenvalue weighted by molar-refractivity contribution is -0.0827. The highest BCUT2D eigenvalue weighted by molar-refractivity contribution is 5.38. The molecule has 58 valence electrons. The molecule has 3 nitrogen and oxygen atoms in total. The predicted molar refractivity (Wildman–Crippen MR) is 38.0 cm³/mol. The van der Waals surface area contributed by atoms with E-state index in [4.69, 9.17) is 9.84 Å². The summed E-state index contributed by atoms with van der Waals surface area (Å²) in [5, 5.41) is 18.3. The van der Waals surface area contributed by atoms with E-state index in [1.54, 1.807) is 24.3 Å². The average Bonchev–Trinajstić information content (AvgIpc) is 2.30. The van der Waals surface area contributed by atoms with Gasteiger partial charge >= 0.3 is 0 Å². The van der Waals surface area contributed by atoms with Crippen LogP contribution in [0.15, 0.2) is 24.3 Å². The van der Waals surface area contributed by atoms with Crippen molar-refractivity contribution in [3.05, 3.63) is 29.8 Å². The topological polar surface area (TPSA) is 49.7 Å². The van der Waals surface area contributed by atoms with E-state index >= 15 is 0 Å². The molecule has 2 atom stereocenters. The van der Waals surface area contributed by atoms with Gasteiger partial charge in [-0.05, 0) is 6.07 Å². The lowest BCUT2D eigenvalue weighted by Crippen LogP contribution is -2.16. The first-order chi connectivity index (χ1) is 5.29. The molecule has 0 bridgehead atoms. The molecule has 1 aliphatic heterocycles. The number of benzene rings is 1. The molecule has 0 amide bonds. The third-order valence-electron chi connectivity index (χ3n) is 1.76. The van der Waals surface area contributed by atoms with E-state index in [2.05, 4.69) is 0 Å². The molecule has 0 fully saturated rings. The Morgan fingerprint density at radius 3 is 2.64 bits per heavy atom. The van der Waals surface area contributed by atoms with Gasteiger partial charge in [-0.2, -0.15) is 0 Å². The normalized spacial score (nSPS) is 27.8. The average molecular weight is 152 g/mol. The Balaban J connectivity index is 2.47. The maximum Gasteiger partial charge on any atom is 0.228 e. The molecule has 3 heteroatoms. The quantitative estimate of drug-likeness (QED) is 0.566. The van der Waals surface area contributed by atoms with Gasteiger partial charge in [-0.25, -0.2) is 0 Å². The minimum absolute atomic E-state index is 0.563. The van der Waals surface area contributed by atoms with Crippen LogP contribution in [0.4, 0.5) is 0 Å². The lowest BCUT2D eigenvalue weighted by Gasteiger charge is -2.04. The SMILES string of the molecule is OC1Oc2ccccc2C1O. The summed E-state index contributed by atoms with van der Waals surface area (Å²) in [6.07, 6.45) is -2.00. The number of para-hydroxylation sites is 1. The zero-order chi connectivity index (χ0) is 7.84. The molecule has 1 aromatic rings. The van der Waals surface area contributed by atoms with Gasteiger partial charge < -0.3 is 14.9 Å². The zero-order valence-electron chi connectivity index (χ0n) is 5.77. The summed E-state index contributed by atoms with van der Waals surface area (Å²) in [4.78, 5) is 0. The third-order valence-corrected chi connectivity index (χ3v) is 1.76. The van der Waals surface area contributed by atoms with Crippen molar-refractivity contribution in [3.8, 4) is 5.75 Å². The van der Waals surface area contributed by atoms with Gasteiger partial charge in [-0.3, -0.25) is 0 Å². The van der Waals surface area contributed by atoms with Gasteiger partial charge in [0, 0.05) is 5.56 Å². The Morgan fingerprint density at radius 2 is 1.91 bits per heavy atom. The molecule has 1 heterocycles. The molecule has 1 aromatic carbocycles. The maximum absolute atomic E-state index is 9.27. The Bertz CT molecular complexity index is 272. The van der Waals surface area contributed by atoms with Crippen molar-refractivity contribution in [2.75, 3.05) is 0 Å². The monoisotopic (exact) mass is 152 g/mol. The molecule has 2 N–H and O–H groups in total. The minimum atomic E-state index is -1.10. The van der Waals surface area contributed by atoms with Crippen LogP contribution in [0.3, 0.4) is 0 Å². The molecule has 2 unspecified atom stereocenters. The maximum atomic E-state index is 9.27. The molecular formula is C8H8O3. The number of fused-ring (bicyclic) bond motifs is 1. The van der Waals surface area contributed by atoms with E-state index in [0.29, 0.717) is 11.3 Å². The Hall–Kier alpha value is -1.06. The van der Waals surface area contributed by atoms with Gasteiger partial charge in [-0.15, -0.1) is 0 Å². The highest BCUT2D eigenvalue weighted by atomic mass is 16.6. The smallest absolute Gasteiger partial charge is 0.228 e. The minimum Gasteiger partial charge on any atom is -0.462 e. The molecule has 0 spiro atoms. The summed E-state index contributed by atoms with van der Waals surface area (Å²) in [6.45, 7) is 0. The Morgan fingerprint density at radius 1 is 1.18 bits per heavy atom. The molecular weight excluding hydrogens is 144 g/mol. The highest BCUT2D eigenvalue weighted by Crippen LogP contribution is 2.34. The first-order valence-electron chi connectivity index (χ1n) is 3.41. The largest absolute Gasteiger partial charge is 0.462 e. The molecule has 2 rings (SSSR count). The molecule has 0 saturated carbocycles. The molecule has 1 aliphatic rings. The van der Waals surface area contributed by atoms with Crippen LogP contribution in [0.25, 0.3) is 0 Å². The number of hydrogen-bond acceptors (Lipinski definition) is 3. The van der Waals surface area contributed by atoms with Crippen molar-refractivity contribution in [2.45, 2.75) is 12.4 Å². The molecule has 11 heavy (non-hydrogen) atoms. The van der Waals surface area contributed by atoms with Crippen LogP contribution in [0.2, 0.25) is 0 Å². The van der Waals surface area contributed by atoms with E-state index in [1.165, 1.54) is 0 Å². The van der Waals surface area contributed by atoms with Crippen LogP contribution in [0.5, 0.6) is 5.75 Å². The van der Waals surface area contributed by atoms with Gasteiger partial charge in [0.25, 0.3) is 0 Å². The predicted octanol–water partition coefficient (Wildman–Crippen LogP) is 0.431. The Kier molecular flexibility index (Phi) is 1.34.